The van der Waals surface area contributed by atoms with Crippen molar-refractivity contribution in [1.29, 1.82) is 0 Å². The van der Waals surface area contributed by atoms with Crippen LogP contribution in [0.15, 0.2) is 48.5 Å². The number of aliphatic hydroxyl groups is 1. The van der Waals surface area contributed by atoms with Crippen LogP contribution in [0.4, 0.5) is 13.2 Å². The van der Waals surface area contributed by atoms with Crippen LogP contribution in [0.25, 0.3) is 0 Å². The maximum absolute atomic E-state index is 13.1. The average molecular weight is 391 g/mol. The van der Waals surface area contributed by atoms with Gasteiger partial charge in [-0.15, -0.1) is 0 Å². The molecule has 4 rings (SSSR count). The van der Waals surface area contributed by atoms with E-state index in [1.807, 2.05) is 18.2 Å². The lowest BCUT2D eigenvalue weighted by Crippen LogP contribution is -2.49. The first kappa shape index (κ1) is 19.3. The summed E-state index contributed by atoms with van der Waals surface area (Å²) < 4.78 is 44.4. The van der Waals surface area contributed by atoms with E-state index in [0.717, 1.165) is 25.5 Å². The van der Waals surface area contributed by atoms with E-state index >= 15 is 0 Å². The van der Waals surface area contributed by atoms with Gasteiger partial charge in [-0.25, -0.2) is 0 Å². The van der Waals surface area contributed by atoms with Gasteiger partial charge in [-0.05, 0) is 48.9 Å². The second kappa shape index (κ2) is 7.08. The Kier molecular flexibility index (Phi) is 4.88. The molecule has 2 aromatic rings. The zero-order valence-electron chi connectivity index (χ0n) is 15.7. The molecule has 1 N–H and O–H groups in total. The Bertz CT molecular complexity index is 823. The van der Waals surface area contributed by atoms with Gasteiger partial charge in [0.2, 0.25) is 0 Å². The van der Waals surface area contributed by atoms with E-state index in [1.165, 1.54) is 24.8 Å². The number of piperidine rings is 1. The molecule has 150 valence electrons. The number of fused-ring (bicyclic) bond motifs is 2. The predicted octanol–water partition coefficient (Wildman–Crippen LogP) is 4.73. The van der Waals surface area contributed by atoms with Crippen LogP contribution >= 0.6 is 0 Å². The molecule has 2 aliphatic rings. The number of methoxy groups -OCH3 is 1. The molecule has 0 spiro atoms. The first-order valence-electron chi connectivity index (χ1n) is 9.58. The Balaban J connectivity index is 1.58. The summed E-state index contributed by atoms with van der Waals surface area (Å²) in [5, 5.41) is 11.4. The summed E-state index contributed by atoms with van der Waals surface area (Å²) in [5.74, 6) is -0.238. The number of nitrogens with zero attached hydrogens (tertiary/aromatic N) is 1. The summed E-state index contributed by atoms with van der Waals surface area (Å²) in [6.45, 7) is 0.836. The van der Waals surface area contributed by atoms with Crippen molar-refractivity contribution >= 4 is 0 Å². The Labute approximate surface area is 162 Å². The Hall–Kier alpha value is -2.05. The molecule has 2 saturated heterocycles. The van der Waals surface area contributed by atoms with E-state index in [4.69, 9.17) is 4.74 Å². The van der Waals surface area contributed by atoms with Crippen LogP contribution in [0.2, 0.25) is 0 Å². The normalized spacial score (nSPS) is 27.8. The number of alkyl halides is 3. The van der Waals surface area contributed by atoms with Gasteiger partial charge in [-0.3, -0.25) is 4.90 Å². The fourth-order valence-corrected chi connectivity index (χ4v) is 4.82. The summed E-state index contributed by atoms with van der Waals surface area (Å²) in [6.07, 6.45) is -1.45. The van der Waals surface area contributed by atoms with Gasteiger partial charge in [0.15, 0.2) is 0 Å². The smallest absolute Gasteiger partial charge is 0.419 e. The van der Waals surface area contributed by atoms with Crippen molar-refractivity contribution in [3.63, 3.8) is 0 Å². The summed E-state index contributed by atoms with van der Waals surface area (Å²) >= 11 is 0. The fourth-order valence-electron chi connectivity index (χ4n) is 4.82. The van der Waals surface area contributed by atoms with Crippen LogP contribution in [-0.2, 0) is 18.3 Å². The van der Waals surface area contributed by atoms with E-state index in [0.29, 0.717) is 18.4 Å². The average Bonchev–Trinajstić information content (AvgIpc) is 2.91. The third kappa shape index (κ3) is 3.51. The molecule has 0 aliphatic carbocycles. The van der Waals surface area contributed by atoms with E-state index in [-0.39, 0.29) is 17.8 Å². The van der Waals surface area contributed by atoms with Crippen LogP contribution in [-0.4, -0.2) is 29.2 Å². The van der Waals surface area contributed by atoms with Gasteiger partial charge in [0.1, 0.15) is 5.75 Å². The largest absolute Gasteiger partial charge is 0.496 e. The molecule has 0 aromatic heterocycles. The highest BCUT2D eigenvalue weighted by Gasteiger charge is 2.48. The van der Waals surface area contributed by atoms with Crippen molar-refractivity contribution in [3.8, 4) is 5.75 Å². The standard InChI is InChI=1S/C22H24F3NO2/c1-28-20-11-16(7-10-19(20)22(23,24)25)21(27)12-17-8-9-18(13-21)26(17)14-15-5-3-2-4-6-15/h2-7,10-11,17-18,27H,8-9,12-14H2,1H3. The molecule has 2 atom stereocenters. The highest BCUT2D eigenvalue weighted by atomic mass is 19.4. The lowest BCUT2D eigenvalue weighted by atomic mass is 9.80. The molecule has 6 heteroatoms. The van der Waals surface area contributed by atoms with Gasteiger partial charge >= 0.3 is 6.18 Å². The fraction of sp³-hybridized carbons (Fsp3) is 0.455. The van der Waals surface area contributed by atoms with Crippen LogP contribution in [0.5, 0.6) is 5.75 Å². The second-order valence-corrected chi connectivity index (χ2v) is 7.90. The van der Waals surface area contributed by atoms with Gasteiger partial charge in [-0.2, -0.15) is 13.2 Å². The quantitative estimate of drug-likeness (QED) is 0.818. The first-order chi connectivity index (χ1) is 13.3. The highest BCUT2D eigenvalue weighted by Crippen LogP contribution is 2.48. The molecule has 2 heterocycles. The van der Waals surface area contributed by atoms with Gasteiger partial charge in [0.05, 0.1) is 18.3 Å². The van der Waals surface area contributed by atoms with E-state index < -0.39 is 17.3 Å². The van der Waals surface area contributed by atoms with Crippen molar-refractivity contribution in [3.05, 3.63) is 65.2 Å². The molecule has 0 saturated carbocycles. The summed E-state index contributed by atoms with van der Waals surface area (Å²) in [7, 11) is 1.23. The Morgan fingerprint density at radius 2 is 1.71 bits per heavy atom. The van der Waals surface area contributed by atoms with Crippen molar-refractivity contribution in [2.24, 2.45) is 0 Å². The molecule has 2 unspecified atom stereocenters. The Morgan fingerprint density at radius 3 is 2.29 bits per heavy atom. The van der Waals surface area contributed by atoms with Gasteiger partial charge in [-0.1, -0.05) is 36.4 Å². The van der Waals surface area contributed by atoms with Gasteiger partial charge in [0, 0.05) is 18.6 Å². The summed E-state index contributed by atoms with van der Waals surface area (Å²) in [4.78, 5) is 2.44. The van der Waals surface area contributed by atoms with Gasteiger partial charge in [0.25, 0.3) is 0 Å². The third-order valence-corrected chi connectivity index (χ3v) is 6.17. The second-order valence-electron chi connectivity index (χ2n) is 7.90. The van der Waals surface area contributed by atoms with Crippen LogP contribution in [0, 0.1) is 0 Å². The number of hydrogen-bond acceptors (Lipinski definition) is 3. The number of ether oxygens (including phenoxy) is 1. The molecule has 2 bridgehead atoms. The molecule has 3 nitrogen and oxygen atoms in total. The maximum Gasteiger partial charge on any atom is 0.419 e. The molecule has 2 fully saturated rings. The van der Waals surface area contributed by atoms with Crippen molar-refractivity contribution in [2.75, 3.05) is 7.11 Å². The summed E-state index contributed by atoms with van der Waals surface area (Å²) in [5.41, 5.74) is -0.197. The number of benzene rings is 2. The molecule has 0 radical (unpaired) electrons. The topological polar surface area (TPSA) is 32.7 Å². The Morgan fingerprint density at radius 1 is 1.07 bits per heavy atom. The third-order valence-electron chi connectivity index (χ3n) is 6.17. The first-order valence-corrected chi connectivity index (χ1v) is 9.58. The minimum absolute atomic E-state index is 0.220. The molecule has 2 aromatic carbocycles. The number of halogens is 3. The SMILES string of the molecule is COc1cc(C2(O)CC3CCC(C2)N3Cc2ccccc2)ccc1C(F)(F)F. The minimum Gasteiger partial charge on any atom is -0.496 e. The van der Waals surface area contributed by atoms with Crippen molar-refractivity contribution in [2.45, 2.75) is 56.1 Å². The molecule has 0 amide bonds. The summed E-state index contributed by atoms with van der Waals surface area (Å²) in [6, 6.07) is 14.4. The minimum atomic E-state index is -4.48. The van der Waals surface area contributed by atoms with Crippen molar-refractivity contribution < 1.29 is 23.0 Å². The highest BCUT2D eigenvalue weighted by molar-refractivity contribution is 5.42. The molecular weight excluding hydrogens is 367 g/mol. The van der Waals surface area contributed by atoms with Crippen LogP contribution in [0.3, 0.4) is 0 Å². The molecule has 28 heavy (non-hydrogen) atoms. The molecule has 2 aliphatic heterocycles. The van der Waals surface area contributed by atoms with Crippen LogP contribution in [0.1, 0.15) is 42.4 Å². The lowest BCUT2D eigenvalue weighted by molar-refractivity contribution is -0.138. The zero-order valence-corrected chi connectivity index (χ0v) is 15.7. The maximum atomic E-state index is 13.1. The van der Waals surface area contributed by atoms with E-state index in [1.54, 1.807) is 0 Å². The van der Waals surface area contributed by atoms with Crippen molar-refractivity contribution in [1.82, 2.24) is 4.90 Å². The molecular formula is C22H24F3NO2. The predicted molar refractivity (Wildman–Crippen MR) is 99.9 cm³/mol. The van der Waals surface area contributed by atoms with E-state index in [2.05, 4.69) is 17.0 Å². The van der Waals surface area contributed by atoms with Gasteiger partial charge < -0.3 is 9.84 Å². The number of hydrogen-bond donors (Lipinski definition) is 1. The van der Waals surface area contributed by atoms with Crippen LogP contribution < -0.4 is 4.74 Å². The zero-order chi connectivity index (χ0) is 19.9. The van der Waals surface area contributed by atoms with E-state index in [9.17, 15) is 18.3 Å². The number of rotatable bonds is 4. The monoisotopic (exact) mass is 391 g/mol. The lowest BCUT2D eigenvalue weighted by Gasteiger charge is -2.44.